The number of nitrogens with zero attached hydrogens (tertiary/aromatic N) is 2. The van der Waals surface area contributed by atoms with Gasteiger partial charge in [-0.3, -0.25) is 4.79 Å². The maximum Gasteiger partial charge on any atom is 0.230 e. The lowest BCUT2D eigenvalue weighted by Gasteiger charge is -2.29. The van der Waals surface area contributed by atoms with Crippen molar-refractivity contribution in [3.63, 3.8) is 0 Å². The van der Waals surface area contributed by atoms with Crippen molar-refractivity contribution in [3.8, 4) is 0 Å². The van der Waals surface area contributed by atoms with E-state index < -0.39 is 5.41 Å². The summed E-state index contributed by atoms with van der Waals surface area (Å²) in [5.41, 5.74) is 1.47. The third kappa shape index (κ3) is 3.30. The highest BCUT2D eigenvalue weighted by molar-refractivity contribution is 5.91. The van der Waals surface area contributed by atoms with Gasteiger partial charge in [-0.25, -0.2) is 9.37 Å². The molecule has 1 amide bonds. The Hall–Kier alpha value is -2.43. The van der Waals surface area contributed by atoms with E-state index in [0.29, 0.717) is 6.54 Å². The van der Waals surface area contributed by atoms with Gasteiger partial charge in [0.25, 0.3) is 0 Å². The molecule has 1 aromatic carbocycles. The number of anilines is 1. The summed E-state index contributed by atoms with van der Waals surface area (Å²) in [6.45, 7) is 2.52. The summed E-state index contributed by atoms with van der Waals surface area (Å²) in [6, 6.07) is 10.3. The van der Waals surface area contributed by atoms with Crippen molar-refractivity contribution in [1.82, 2.24) is 10.3 Å². The first-order chi connectivity index (χ1) is 12.7. The number of hydrogen-bond acceptors (Lipinski definition) is 3. The fraction of sp³-hybridized carbons (Fsp3) is 0.429. The summed E-state index contributed by atoms with van der Waals surface area (Å²) < 4.78 is 13.2. The van der Waals surface area contributed by atoms with E-state index in [-0.39, 0.29) is 11.7 Å². The Morgan fingerprint density at radius 1 is 1.12 bits per heavy atom. The molecule has 0 unspecified atom stereocenters. The maximum absolute atomic E-state index is 13.2. The summed E-state index contributed by atoms with van der Waals surface area (Å²) in [5.74, 6) is 0.739. The van der Waals surface area contributed by atoms with Crippen LogP contribution in [0.3, 0.4) is 0 Å². The van der Waals surface area contributed by atoms with Crippen LogP contribution < -0.4 is 10.2 Å². The first kappa shape index (κ1) is 17.0. The van der Waals surface area contributed by atoms with Crippen LogP contribution in [0.1, 0.15) is 43.2 Å². The van der Waals surface area contributed by atoms with Crippen molar-refractivity contribution in [2.75, 3.05) is 18.0 Å². The van der Waals surface area contributed by atoms with E-state index in [0.717, 1.165) is 42.9 Å². The zero-order valence-electron chi connectivity index (χ0n) is 14.9. The van der Waals surface area contributed by atoms with Gasteiger partial charge in [0.2, 0.25) is 5.91 Å². The summed E-state index contributed by atoms with van der Waals surface area (Å²) in [6.07, 6.45) is 7.10. The van der Waals surface area contributed by atoms with Crippen molar-refractivity contribution in [2.24, 2.45) is 0 Å². The number of halogens is 1. The number of carbonyl (C=O) groups is 1. The highest BCUT2D eigenvalue weighted by Gasteiger charge is 2.51. The summed E-state index contributed by atoms with van der Waals surface area (Å²) in [5, 5.41) is 3.09. The predicted molar refractivity (Wildman–Crippen MR) is 99.5 cm³/mol. The summed E-state index contributed by atoms with van der Waals surface area (Å²) in [7, 11) is 0. The highest BCUT2D eigenvalue weighted by Crippen LogP contribution is 2.48. The van der Waals surface area contributed by atoms with Crippen LogP contribution >= 0.6 is 0 Å². The standard InChI is InChI=1S/C21H24FN3O/c22-18-8-6-17(7-9-18)21(10-11-21)20(26)24-15-16-5-4-12-23-19(16)25-13-2-1-3-14-25/h4-9,12H,1-3,10-11,13-15H2,(H,24,26). The van der Waals surface area contributed by atoms with E-state index in [1.54, 1.807) is 12.1 Å². The third-order valence-corrected chi connectivity index (χ3v) is 5.54. The lowest BCUT2D eigenvalue weighted by atomic mass is 9.95. The number of hydrogen-bond donors (Lipinski definition) is 1. The van der Waals surface area contributed by atoms with Gasteiger partial charge in [-0.1, -0.05) is 18.2 Å². The van der Waals surface area contributed by atoms with E-state index in [1.807, 2.05) is 18.3 Å². The zero-order chi connectivity index (χ0) is 18.0. The van der Waals surface area contributed by atoms with Gasteiger partial charge in [-0.05, 0) is 55.9 Å². The molecule has 1 N–H and O–H groups in total. The van der Waals surface area contributed by atoms with Crippen LogP contribution in [0, 0.1) is 5.82 Å². The predicted octanol–water partition coefficient (Wildman–Crippen LogP) is 3.56. The number of benzene rings is 1. The van der Waals surface area contributed by atoms with Crippen molar-refractivity contribution in [2.45, 2.75) is 44.1 Å². The Kier molecular flexibility index (Phi) is 4.62. The molecular weight excluding hydrogens is 329 g/mol. The van der Waals surface area contributed by atoms with E-state index in [2.05, 4.69) is 15.2 Å². The molecule has 1 aromatic heterocycles. The van der Waals surface area contributed by atoms with E-state index in [9.17, 15) is 9.18 Å². The fourth-order valence-electron chi connectivity index (χ4n) is 3.84. The molecule has 1 saturated carbocycles. The fourth-order valence-corrected chi connectivity index (χ4v) is 3.84. The molecule has 1 aliphatic carbocycles. The number of aromatic nitrogens is 1. The van der Waals surface area contributed by atoms with Gasteiger partial charge in [0, 0.05) is 31.4 Å². The molecule has 1 aliphatic heterocycles. The monoisotopic (exact) mass is 353 g/mol. The lowest BCUT2D eigenvalue weighted by Crippen LogP contribution is -2.36. The van der Waals surface area contributed by atoms with Gasteiger partial charge in [-0.2, -0.15) is 0 Å². The maximum atomic E-state index is 13.2. The second-order valence-corrected chi connectivity index (χ2v) is 7.31. The topological polar surface area (TPSA) is 45.2 Å². The number of pyridine rings is 1. The number of amides is 1. The largest absolute Gasteiger partial charge is 0.356 e. The molecule has 0 bridgehead atoms. The van der Waals surface area contributed by atoms with Gasteiger partial charge >= 0.3 is 0 Å². The minimum absolute atomic E-state index is 0.0255. The minimum atomic E-state index is -0.485. The van der Waals surface area contributed by atoms with Gasteiger partial charge in [0.1, 0.15) is 11.6 Å². The van der Waals surface area contributed by atoms with Crippen molar-refractivity contribution in [1.29, 1.82) is 0 Å². The Balaban J connectivity index is 1.46. The summed E-state index contributed by atoms with van der Waals surface area (Å²) >= 11 is 0. The molecule has 0 atom stereocenters. The lowest BCUT2D eigenvalue weighted by molar-refractivity contribution is -0.123. The highest BCUT2D eigenvalue weighted by atomic mass is 19.1. The van der Waals surface area contributed by atoms with E-state index >= 15 is 0 Å². The van der Waals surface area contributed by atoms with E-state index in [1.165, 1.54) is 31.4 Å². The summed E-state index contributed by atoms with van der Waals surface area (Å²) in [4.78, 5) is 19.7. The molecule has 136 valence electrons. The molecule has 26 heavy (non-hydrogen) atoms. The Labute approximate surface area is 153 Å². The molecule has 4 rings (SSSR count). The van der Waals surface area contributed by atoms with Crippen molar-refractivity contribution < 1.29 is 9.18 Å². The number of piperidine rings is 1. The van der Waals surface area contributed by atoms with E-state index in [4.69, 9.17) is 0 Å². The van der Waals surface area contributed by atoms with Crippen LogP contribution in [0.15, 0.2) is 42.6 Å². The normalized spacial score (nSPS) is 18.4. The average molecular weight is 353 g/mol. The SMILES string of the molecule is O=C(NCc1cccnc1N1CCCCC1)C1(c2ccc(F)cc2)CC1. The van der Waals surface area contributed by atoms with Crippen LogP contribution in [0.4, 0.5) is 10.2 Å². The number of carbonyl (C=O) groups excluding carboxylic acids is 1. The van der Waals surface area contributed by atoms with Gasteiger partial charge in [0.15, 0.2) is 0 Å². The van der Waals surface area contributed by atoms with Crippen molar-refractivity contribution >= 4 is 11.7 Å². The molecule has 2 aromatic rings. The first-order valence-corrected chi connectivity index (χ1v) is 9.42. The molecule has 4 nitrogen and oxygen atoms in total. The first-order valence-electron chi connectivity index (χ1n) is 9.42. The number of rotatable bonds is 5. The van der Waals surface area contributed by atoms with Crippen molar-refractivity contribution in [3.05, 3.63) is 59.5 Å². The van der Waals surface area contributed by atoms with Gasteiger partial charge in [-0.15, -0.1) is 0 Å². The van der Waals surface area contributed by atoms with Crippen LogP contribution in [0.5, 0.6) is 0 Å². The molecule has 5 heteroatoms. The second kappa shape index (κ2) is 7.06. The zero-order valence-corrected chi connectivity index (χ0v) is 14.9. The second-order valence-electron chi connectivity index (χ2n) is 7.31. The molecule has 2 aliphatic rings. The molecule has 0 spiro atoms. The molecule has 2 fully saturated rings. The van der Waals surface area contributed by atoms with Gasteiger partial charge in [0.05, 0.1) is 5.41 Å². The quantitative estimate of drug-likeness (QED) is 0.894. The average Bonchev–Trinajstić information content (AvgIpc) is 3.50. The minimum Gasteiger partial charge on any atom is -0.356 e. The smallest absolute Gasteiger partial charge is 0.230 e. The molecule has 1 saturated heterocycles. The number of nitrogens with one attached hydrogen (secondary N) is 1. The van der Waals surface area contributed by atoms with Crippen LogP contribution in [0.2, 0.25) is 0 Å². The van der Waals surface area contributed by atoms with Gasteiger partial charge < -0.3 is 10.2 Å². The Morgan fingerprint density at radius 3 is 2.54 bits per heavy atom. The van der Waals surface area contributed by atoms with Crippen LogP contribution in [-0.2, 0) is 16.8 Å². The Morgan fingerprint density at radius 2 is 1.85 bits per heavy atom. The third-order valence-electron chi connectivity index (χ3n) is 5.54. The Bertz CT molecular complexity index is 780. The molecule has 2 heterocycles. The van der Waals surface area contributed by atoms with Crippen LogP contribution in [0.25, 0.3) is 0 Å². The van der Waals surface area contributed by atoms with Crippen LogP contribution in [-0.4, -0.2) is 24.0 Å². The molecular formula is C21H24FN3O. The molecule has 0 radical (unpaired) electrons.